The third-order valence-electron chi connectivity index (χ3n) is 1.32. The zero-order chi connectivity index (χ0) is 10.4. The van der Waals surface area contributed by atoms with Crippen LogP contribution in [-0.2, 0) is 4.74 Å². The smallest absolute Gasteiger partial charge is 0.340 e. The Morgan fingerprint density at radius 3 is 2.38 bits per heavy atom. The van der Waals surface area contributed by atoms with Gasteiger partial charge in [-0.1, -0.05) is 25.4 Å². The Morgan fingerprint density at radius 1 is 1.54 bits per heavy atom. The van der Waals surface area contributed by atoms with Crippen LogP contribution < -0.4 is 0 Å². The molecule has 74 valence electrons. The lowest BCUT2D eigenvalue weighted by Gasteiger charge is -1.96. The average Bonchev–Trinajstić information content (AvgIpc) is 2.49. The standard InChI is InChI=1S/C7H7ClO2S.C2H6/c1-4-6(7(9)10-2)5(8)3-11-4;1-2/h3H,1-2H3;1-2H3. The van der Waals surface area contributed by atoms with Crippen molar-refractivity contribution in [2.75, 3.05) is 7.11 Å². The Balaban J connectivity index is 0.000000671. The van der Waals surface area contributed by atoms with E-state index in [-0.39, 0.29) is 5.97 Å². The number of esters is 1. The lowest BCUT2D eigenvalue weighted by Crippen LogP contribution is -2.01. The van der Waals surface area contributed by atoms with Gasteiger partial charge in [0, 0.05) is 10.3 Å². The van der Waals surface area contributed by atoms with E-state index in [4.69, 9.17) is 11.6 Å². The second-order valence-electron chi connectivity index (χ2n) is 2.01. The van der Waals surface area contributed by atoms with E-state index in [0.717, 1.165) is 4.88 Å². The predicted molar refractivity (Wildman–Crippen MR) is 56.8 cm³/mol. The summed E-state index contributed by atoms with van der Waals surface area (Å²) in [5, 5.41) is 2.20. The number of carbonyl (C=O) groups excluding carboxylic acids is 1. The largest absolute Gasteiger partial charge is 0.465 e. The van der Waals surface area contributed by atoms with Gasteiger partial charge in [0.1, 0.15) is 0 Å². The highest BCUT2D eigenvalue weighted by Crippen LogP contribution is 2.26. The van der Waals surface area contributed by atoms with Crippen LogP contribution in [0.4, 0.5) is 0 Å². The van der Waals surface area contributed by atoms with Crippen molar-refractivity contribution in [3.63, 3.8) is 0 Å². The van der Waals surface area contributed by atoms with Gasteiger partial charge in [-0.2, -0.15) is 0 Å². The molecule has 13 heavy (non-hydrogen) atoms. The van der Waals surface area contributed by atoms with Gasteiger partial charge in [-0.05, 0) is 6.92 Å². The molecule has 1 heterocycles. The molecule has 0 aliphatic heterocycles. The maximum Gasteiger partial charge on any atom is 0.340 e. The van der Waals surface area contributed by atoms with Crippen LogP contribution in [0.5, 0.6) is 0 Å². The number of methoxy groups -OCH3 is 1. The molecule has 0 bridgehead atoms. The van der Waals surface area contributed by atoms with Gasteiger partial charge in [0.05, 0.1) is 17.7 Å². The van der Waals surface area contributed by atoms with E-state index in [1.807, 2.05) is 20.8 Å². The van der Waals surface area contributed by atoms with Crippen molar-refractivity contribution in [3.05, 3.63) is 20.8 Å². The first kappa shape index (κ1) is 12.5. The zero-order valence-electron chi connectivity index (χ0n) is 8.18. The van der Waals surface area contributed by atoms with Crippen LogP contribution in [0.3, 0.4) is 0 Å². The van der Waals surface area contributed by atoms with Crippen LogP contribution in [0.2, 0.25) is 5.02 Å². The first-order valence-electron chi connectivity index (χ1n) is 3.98. The van der Waals surface area contributed by atoms with Crippen LogP contribution >= 0.6 is 22.9 Å². The van der Waals surface area contributed by atoms with Gasteiger partial charge in [0.25, 0.3) is 0 Å². The van der Waals surface area contributed by atoms with Crippen molar-refractivity contribution in [3.8, 4) is 0 Å². The van der Waals surface area contributed by atoms with E-state index in [1.54, 1.807) is 5.38 Å². The number of hydrogen-bond acceptors (Lipinski definition) is 3. The van der Waals surface area contributed by atoms with E-state index in [0.29, 0.717) is 10.6 Å². The van der Waals surface area contributed by atoms with Crippen molar-refractivity contribution >= 4 is 28.9 Å². The quantitative estimate of drug-likeness (QED) is 0.677. The summed E-state index contributed by atoms with van der Waals surface area (Å²) >= 11 is 7.17. The zero-order valence-corrected chi connectivity index (χ0v) is 9.75. The Bertz CT molecular complexity index is 262. The van der Waals surface area contributed by atoms with Crippen molar-refractivity contribution in [2.24, 2.45) is 0 Å². The third-order valence-corrected chi connectivity index (χ3v) is 2.66. The van der Waals surface area contributed by atoms with Crippen LogP contribution in [0.15, 0.2) is 5.38 Å². The highest BCUT2D eigenvalue weighted by atomic mass is 35.5. The van der Waals surface area contributed by atoms with Crippen LogP contribution in [0.25, 0.3) is 0 Å². The Kier molecular flexibility index (Phi) is 5.75. The lowest BCUT2D eigenvalue weighted by molar-refractivity contribution is 0.0601. The highest BCUT2D eigenvalue weighted by Gasteiger charge is 2.14. The van der Waals surface area contributed by atoms with Gasteiger partial charge in [0.2, 0.25) is 0 Å². The van der Waals surface area contributed by atoms with Crippen molar-refractivity contribution in [2.45, 2.75) is 20.8 Å². The SMILES string of the molecule is CC.COC(=O)c1c(Cl)csc1C. The molecular weight excluding hydrogens is 208 g/mol. The summed E-state index contributed by atoms with van der Waals surface area (Å²) in [6.45, 7) is 5.84. The Hall–Kier alpha value is -0.540. The monoisotopic (exact) mass is 220 g/mol. The fraction of sp³-hybridized carbons (Fsp3) is 0.444. The summed E-state index contributed by atoms with van der Waals surface area (Å²) in [7, 11) is 1.34. The topological polar surface area (TPSA) is 26.3 Å². The molecule has 0 saturated heterocycles. The fourth-order valence-corrected chi connectivity index (χ4v) is 1.89. The molecule has 4 heteroatoms. The molecule has 0 fully saturated rings. The second kappa shape index (κ2) is 6.00. The number of thiophene rings is 1. The minimum absolute atomic E-state index is 0.367. The van der Waals surface area contributed by atoms with E-state index in [1.165, 1.54) is 18.4 Å². The number of halogens is 1. The fourth-order valence-electron chi connectivity index (χ4n) is 0.769. The lowest BCUT2D eigenvalue weighted by atomic mass is 10.3. The minimum Gasteiger partial charge on any atom is -0.465 e. The maximum absolute atomic E-state index is 11.0. The summed E-state index contributed by atoms with van der Waals surface area (Å²) in [5.74, 6) is -0.367. The van der Waals surface area contributed by atoms with E-state index in [2.05, 4.69) is 4.74 Å². The Labute approximate surface area is 87.5 Å². The molecule has 0 N–H and O–H groups in total. The molecule has 0 amide bonds. The van der Waals surface area contributed by atoms with Gasteiger partial charge in [-0.3, -0.25) is 0 Å². The first-order chi connectivity index (χ1) is 6.16. The van der Waals surface area contributed by atoms with E-state index in [9.17, 15) is 4.79 Å². The maximum atomic E-state index is 11.0. The molecule has 1 aromatic rings. The van der Waals surface area contributed by atoms with Gasteiger partial charge in [-0.15, -0.1) is 11.3 Å². The van der Waals surface area contributed by atoms with Crippen molar-refractivity contribution in [1.29, 1.82) is 0 Å². The molecule has 0 unspecified atom stereocenters. The molecule has 0 saturated carbocycles. The normalized spacial score (nSPS) is 8.69. The third kappa shape index (κ3) is 3.01. The Morgan fingerprint density at radius 2 is 2.08 bits per heavy atom. The summed E-state index contributed by atoms with van der Waals surface area (Å²) in [6, 6.07) is 0. The molecule has 0 aromatic carbocycles. The van der Waals surface area contributed by atoms with Gasteiger partial charge in [-0.25, -0.2) is 4.79 Å². The van der Waals surface area contributed by atoms with Crippen LogP contribution in [0.1, 0.15) is 29.1 Å². The molecule has 0 spiro atoms. The minimum atomic E-state index is -0.367. The molecule has 0 atom stereocenters. The summed E-state index contributed by atoms with van der Waals surface area (Å²) in [6.07, 6.45) is 0. The van der Waals surface area contributed by atoms with Crippen molar-refractivity contribution in [1.82, 2.24) is 0 Å². The second-order valence-corrected chi connectivity index (χ2v) is 3.50. The van der Waals surface area contributed by atoms with Crippen LogP contribution in [0, 0.1) is 6.92 Å². The number of hydrogen-bond donors (Lipinski definition) is 0. The van der Waals surface area contributed by atoms with E-state index < -0.39 is 0 Å². The molecule has 0 aliphatic carbocycles. The summed E-state index contributed by atoms with van der Waals surface area (Å²) in [5.41, 5.74) is 0.485. The van der Waals surface area contributed by atoms with Crippen LogP contribution in [-0.4, -0.2) is 13.1 Å². The van der Waals surface area contributed by atoms with Gasteiger partial charge in [0.15, 0.2) is 0 Å². The molecule has 0 aliphatic rings. The molecular formula is C9H13ClO2S. The number of ether oxygens (including phenoxy) is 1. The number of carbonyl (C=O) groups is 1. The summed E-state index contributed by atoms with van der Waals surface area (Å²) < 4.78 is 4.54. The van der Waals surface area contributed by atoms with Gasteiger partial charge < -0.3 is 4.74 Å². The number of aryl methyl sites for hydroxylation is 1. The van der Waals surface area contributed by atoms with Gasteiger partial charge >= 0.3 is 5.97 Å². The highest BCUT2D eigenvalue weighted by molar-refractivity contribution is 7.10. The molecule has 1 rings (SSSR count). The van der Waals surface area contributed by atoms with Crippen molar-refractivity contribution < 1.29 is 9.53 Å². The molecule has 1 aromatic heterocycles. The molecule has 0 radical (unpaired) electrons. The average molecular weight is 221 g/mol. The van der Waals surface area contributed by atoms with E-state index >= 15 is 0 Å². The number of rotatable bonds is 1. The summed E-state index contributed by atoms with van der Waals surface area (Å²) in [4.78, 5) is 11.9. The molecule has 2 nitrogen and oxygen atoms in total. The first-order valence-corrected chi connectivity index (χ1v) is 5.24. The predicted octanol–water partition coefficient (Wildman–Crippen LogP) is 3.52.